The van der Waals surface area contributed by atoms with Crippen LogP contribution in [0.5, 0.6) is 0 Å². The lowest BCUT2D eigenvalue weighted by atomic mass is 9.98. The molecule has 0 saturated carbocycles. The van der Waals surface area contributed by atoms with Crippen LogP contribution in [0.15, 0.2) is 72.9 Å². The van der Waals surface area contributed by atoms with Gasteiger partial charge in [-0.15, -0.1) is 0 Å². The summed E-state index contributed by atoms with van der Waals surface area (Å²) in [4.78, 5) is 50.9. The van der Waals surface area contributed by atoms with E-state index in [2.05, 4.69) is 81.5 Å². The molecule has 1 heterocycles. The lowest BCUT2D eigenvalue weighted by molar-refractivity contribution is -0.301. The average Bonchev–Trinajstić information content (AvgIpc) is 3.35. The number of carboxylic acids is 1. The van der Waals surface area contributed by atoms with Gasteiger partial charge in [-0.1, -0.05) is 184 Å². The van der Waals surface area contributed by atoms with Gasteiger partial charge >= 0.3 is 23.9 Å². The molecule has 0 aliphatic carbocycles. The first-order valence-electron chi connectivity index (χ1n) is 27.9. The van der Waals surface area contributed by atoms with E-state index in [-0.39, 0.29) is 25.9 Å². The van der Waals surface area contributed by atoms with E-state index in [1.165, 1.54) is 64.2 Å². The molecular weight excluding hydrogens is 901 g/mol. The monoisotopic (exact) mass is 999 g/mol. The van der Waals surface area contributed by atoms with Crippen LogP contribution in [-0.4, -0.2) is 89.2 Å². The van der Waals surface area contributed by atoms with E-state index in [0.29, 0.717) is 19.3 Å². The van der Waals surface area contributed by atoms with Crippen LogP contribution >= 0.6 is 0 Å². The van der Waals surface area contributed by atoms with Crippen molar-refractivity contribution < 1.29 is 58.2 Å². The number of hydrogen-bond acceptors (Lipinski definition) is 11. The Morgan fingerprint density at radius 3 is 1.42 bits per heavy atom. The average molecular weight is 999 g/mol. The molecule has 1 rings (SSSR count). The van der Waals surface area contributed by atoms with Gasteiger partial charge in [-0.05, 0) is 96.3 Å². The van der Waals surface area contributed by atoms with Gasteiger partial charge in [-0.25, -0.2) is 4.79 Å². The molecule has 12 heteroatoms. The number of aliphatic hydroxyl groups is 2. The summed E-state index contributed by atoms with van der Waals surface area (Å²) in [5.41, 5.74) is 0. The van der Waals surface area contributed by atoms with Gasteiger partial charge in [-0.3, -0.25) is 14.4 Å². The van der Waals surface area contributed by atoms with Gasteiger partial charge in [0.25, 0.3) is 0 Å². The molecule has 71 heavy (non-hydrogen) atoms. The topological polar surface area (TPSA) is 175 Å². The summed E-state index contributed by atoms with van der Waals surface area (Å²) in [5.74, 6) is -3.25. The smallest absolute Gasteiger partial charge is 0.335 e. The molecule has 6 atom stereocenters. The van der Waals surface area contributed by atoms with Gasteiger partial charge in [0, 0.05) is 19.3 Å². The Morgan fingerprint density at radius 2 is 0.915 bits per heavy atom. The second kappa shape index (κ2) is 47.2. The van der Waals surface area contributed by atoms with E-state index in [9.17, 15) is 34.5 Å². The Morgan fingerprint density at radius 1 is 0.479 bits per heavy atom. The second-order valence-electron chi connectivity index (χ2n) is 18.8. The van der Waals surface area contributed by atoms with E-state index in [1.54, 1.807) is 0 Å². The summed E-state index contributed by atoms with van der Waals surface area (Å²) in [6.07, 6.45) is 46.1. The number of aliphatic carboxylic acids is 1. The molecule has 3 N–H and O–H groups in total. The van der Waals surface area contributed by atoms with Gasteiger partial charge in [0.1, 0.15) is 18.8 Å². The van der Waals surface area contributed by atoms with E-state index in [1.807, 2.05) is 12.2 Å². The van der Waals surface area contributed by atoms with Gasteiger partial charge in [-0.2, -0.15) is 0 Å². The van der Waals surface area contributed by atoms with Crippen LogP contribution in [0.25, 0.3) is 0 Å². The molecule has 0 radical (unpaired) electrons. The second-order valence-corrected chi connectivity index (χ2v) is 18.8. The molecular formula is C59H98O12. The molecule has 0 spiro atoms. The molecule has 1 fully saturated rings. The number of ether oxygens (including phenoxy) is 5. The standard InChI is InChI=1S/C59H98O12/c1-4-7-10-13-16-19-22-25-26-29-32-35-38-41-44-47-53(62)70-57-55(64)54(63)56(58(65)66)71-59(57)68-49-50(69-52(61)46-43-40-37-34-31-28-24-21-18-15-12-9-6-3)48-67-51(60)45-42-39-36-33-30-27-23-20-17-14-11-8-5-2/h8,11,17,20-21,24-27,30,36,39,50,54-57,59,63-64H,4-7,9-10,12-16,18-19,22-23,28-29,31-35,37-38,40-49H2,1-3H3,(H,65,66)/b11-8-,20-17-,24-21-,26-25-,30-27-,39-36-. The molecule has 1 saturated heterocycles. The van der Waals surface area contributed by atoms with Crippen LogP contribution in [0, 0.1) is 0 Å². The molecule has 0 aromatic carbocycles. The molecule has 0 bridgehead atoms. The largest absolute Gasteiger partial charge is 0.479 e. The third-order valence-corrected chi connectivity index (χ3v) is 12.3. The van der Waals surface area contributed by atoms with Gasteiger partial charge in [0.2, 0.25) is 0 Å². The minimum absolute atomic E-state index is 0.0416. The Bertz CT molecular complexity index is 1510. The first-order chi connectivity index (χ1) is 34.6. The fraction of sp³-hybridized carbons (Fsp3) is 0.729. The zero-order valence-corrected chi connectivity index (χ0v) is 44.4. The highest BCUT2D eigenvalue weighted by atomic mass is 16.7. The SMILES string of the molecule is CC/C=C\C/C=C\C/C=C\C/C=C\CCC(=O)OCC(COC1OC(C(=O)O)C(O)C(O)C1OC(=O)CCCCCCC/C=C\CCCCCCCC)OC(=O)CCCCCCC/C=C\CCCCCC. The number of hydrogen-bond donors (Lipinski definition) is 3. The van der Waals surface area contributed by atoms with Crippen molar-refractivity contribution in [3.63, 3.8) is 0 Å². The molecule has 0 aromatic rings. The molecule has 406 valence electrons. The zero-order chi connectivity index (χ0) is 51.8. The Labute approximate surface area is 429 Å². The molecule has 0 amide bonds. The predicted molar refractivity (Wildman–Crippen MR) is 285 cm³/mol. The lowest BCUT2D eigenvalue weighted by Crippen LogP contribution is -2.61. The van der Waals surface area contributed by atoms with Gasteiger partial charge in [0.05, 0.1) is 6.61 Å². The number of allylic oxidation sites excluding steroid dienone is 12. The minimum Gasteiger partial charge on any atom is -0.479 e. The molecule has 1 aliphatic rings. The van der Waals surface area contributed by atoms with Crippen molar-refractivity contribution in [2.75, 3.05) is 13.2 Å². The number of unbranched alkanes of at least 4 members (excludes halogenated alkanes) is 20. The van der Waals surface area contributed by atoms with Crippen molar-refractivity contribution in [2.24, 2.45) is 0 Å². The zero-order valence-electron chi connectivity index (χ0n) is 44.4. The van der Waals surface area contributed by atoms with Crippen molar-refractivity contribution in [2.45, 2.75) is 263 Å². The number of esters is 3. The van der Waals surface area contributed by atoms with Gasteiger partial charge < -0.3 is 39.0 Å². The summed E-state index contributed by atoms with van der Waals surface area (Å²) >= 11 is 0. The van der Waals surface area contributed by atoms with E-state index in [4.69, 9.17) is 23.7 Å². The number of rotatable bonds is 46. The first kappa shape index (κ1) is 65.2. The Kier molecular flexibility index (Phi) is 43.3. The highest BCUT2D eigenvalue weighted by Crippen LogP contribution is 2.26. The Balaban J connectivity index is 2.76. The Hall–Kier alpha value is -3.84. The van der Waals surface area contributed by atoms with E-state index >= 15 is 0 Å². The maximum Gasteiger partial charge on any atom is 0.335 e. The van der Waals surface area contributed by atoms with Crippen LogP contribution < -0.4 is 0 Å². The fourth-order valence-corrected chi connectivity index (χ4v) is 7.96. The maximum atomic E-state index is 13.1. The number of carbonyl (C=O) groups is 4. The lowest BCUT2D eigenvalue weighted by Gasteiger charge is -2.40. The van der Waals surface area contributed by atoms with Crippen LogP contribution in [-0.2, 0) is 42.9 Å². The van der Waals surface area contributed by atoms with Gasteiger partial charge in [0.15, 0.2) is 24.6 Å². The number of carboxylic acid groups (broad SMARTS) is 1. The maximum absolute atomic E-state index is 13.1. The first-order valence-corrected chi connectivity index (χ1v) is 27.9. The van der Waals surface area contributed by atoms with Crippen molar-refractivity contribution in [3.05, 3.63) is 72.9 Å². The summed E-state index contributed by atoms with van der Waals surface area (Å²) in [5, 5.41) is 31.4. The quantitative estimate of drug-likeness (QED) is 0.0228. The van der Waals surface area contributed by atoms with Crippen molar-refractivity contribution in [3.8, 4) is 0 Å². The summed E-state index contributed by atoms with van der Waals surface area (Å²) in [6, 6.07) is 0. The van der Waals surface area contributed by atoms with Crippen LogP contribution in [0.3, 0.4) is 0 Å². The molecule has 0 aromatic heterocycles. The minimum atomic E-state index is -1.92. The van der Waals surface area contributed by atoms with Crippen molar-refractivity contribution in [1.82, 2.24) is 0 Å². The molecule has 6 unspecified atom stereocenters. The van der Waals surface area contributed by atoms with Crippen LogP contribution in [0.1, 0.15) is 226 Å². The van der Waals surface area contributed by atoms with Crippen molar-refractivity contribution >= 4 is 23.9 Å². The van der Waals surface area contributed by atoms with Crippen molar-refractivity contribution in [1.29, 1.82) is 0 Å². The predicted octanol–water partition coefficient (Wildman–Crippen LogP) is 13.8. The third-order valence-electron chi connectivity index (χ3n) is 12.3. The van der Waals surface area contributed by atoms with Crippen LogP contribution in [0.2, 0.25) is 0 Å². The fourth-order valence-electron chi connectivity index (χ4n) is 7.96. The highest BCUT2D eigenvalue weighted by Gasteiger charge is 2.50. The third kappa shape index (κ3) is 37.6. The number of carbonyl (C=O) groups excluding carboxylic acids is 3. The van der Waals surface area contributed by atoms with E-state index < -0.39 is 67.3 Å². The normalized spacial score (nSPS) is 19.0. The summed E-state index contributed by atoms with van der Waals surface area (Å²) in [6.45, 7) is 5.76. The highest BCUT2D eigenvalue weighted by molar-refractivity contribution is 5.74. The summed E-state index contributed by atoms with van der Waals surface area (Å²) < 4.78 is 28.2. The molecule has 12 nitrogen and oxygen atoms in total. The molecule has 1 aliphatic heterocycles. The number of aliphatic hydroxyl groups excluding tert-OH is 2. The van der Waals surface area contributed by atoms with Crippen LogP contribution in [0.4, 0.5) is 0 Å². The van der Waals surface area contributed by atoms with E-state index in [0.717, 1.165) is 103 Å². The summed E-state index contributed by atoms with van der Waals surface area (Å²) in [7, 11) is 0.